The molecule has 1 aromatic heterocycles. The van der Waals surface area contributed by atoms with Crippen molar-refractivity contribution >= 4 is 5.91 Å². The third-order valence-corrected chi connectivity index (χ3v) is 3.71. The van der Waals surface area contributed by atoms with Crippen molar-refractivity contribution in [1.82, 2.24) is 15.1 Å². The smallest absolute Gasteiger partial charge is 0.269 e. The first-order valence-electron chi connectivity index (χ1n) is 7.41. The van der Waals surface area contributed by atoms with Crippen LogP contribution in [0, 0.1) is 0 Å². The molecule has 5 nitrogen and oxygen atoms in total. The number of nitrogens with zero attached hydrogens (tertiary/aromatic N) is 2. The SMILES string of the molecule is CC(C)c1cc(C(=O)NCC(C)(O)c2ccccc2)n(C)n1. The van der Waals surface area contributed by atoms with E-state index < -0.39 is 5.60 Å². The lowest BCUT2D eigenvalue weighted by molar-refractivity contribution is 0.0523. The molecule has 0 aliphatic rings. The van der Waals surface area contributed by atoms with Gasteiger partial charge in [-0.2, -0.15) is 5.10 Å². The Kier molecular flexibility index (Phi) is 4.66. The van der Waals surface area contributed by atoms with Gasteiger partial charge in [0, 0.05) is 7.05 Å². The molecular formula is C17H23N3O2. The number of carbonyl (C=O) groups is 1. The van der Waals surface area contributed by atoms with E-state index in [-0.39, 0.29) is 18.4 Å². The number of aliphatic hydroxyl groups is 1. The van der Waals surface area contributed by atoms with Crippen molar-refractivity contribution in [3.05, 3.63) is 53.3 Å². The minimum atomic E-state index is -1.11. The van der Waals surface area contributed by atoms with Crippen molar-refractivity contribution in [2.24, 2.45) is 7.05 Å². The Bertz CT molecular complexity index is 645. The van der Waals surface area contributed by atoms with E-state index in [4.69, 9.17) is 0 Å². The van der Waals surface area contributed by atoms with Crippen LogP contribution >= 0.6 is 0 Å². The van der Waals surface area contributed by atoms with Crippen LogP contribution < -0.4 is 5.32 Å². The molecule has 0 saturated heterocycles. The maximum Gasteiger partial charge on any atom is 0.269 e. The van der Waals surface area contributed by atoms with Crippen molar-refractivity contribution in [2.45, 2.75) is 32.3 Å². The Balaban J connectivity index is 2.07. The molecule has 0 bridgehead atoms. The number of aromatic nitrogens is 2. The molecule has 0 fully saturated rings. The minimum Gasteiger partial charge on any atom is -0.384 e. The first-order chi connectivity index (χ1) is 10.3. The fourth-order valence-corrected chi connectivity index (χ4v) is 2.23. The van der Waals surface area contributed by atoms with Crippen LogP contribution in [-0.4, -0.2) is 27.3 Å². The van der Waals surface area contributed by atoms with Gasteiger partial charge in [-0.05, 0) is 24.5 Å². The summed E-state index contributed by atoms with van der Waals surface area (Å²) in [5.41, 5.74) is 1.02. The highest BCUT2D eigenvalue weighted by molar-refractivity contribution is 5.92. The average Bonchev–Trinajstić information content (AvgIpc) is 2.88. The van der Waals surface area contributed by atoms with Gasteiger partial charge in [0.05, 0.1) is 12.2 Å². The van der Waals surface area contributed by atoms with Crippen LogP contribution in [0.25, 0.3) is 0 Å². The molecule has 2 aromatic rings. The second-order valence-electron chi connectivity index (χ2n) is 6.06. The molecule has 0 aliphatic carbocycles. The topological polar surface area (TPSA) is 67.2 Å². The van der Waals surface area contributed by atoms with E-state index in [9.17, 15) is 9.90 Å². The number of carbonyl (C=O) groups excluding carboxylic acids is 1. The van der Waals surface area contributed by atoms with Crippen molar-refractivity contribution < 1.29 is 9.90 Å². The maximum absolute atomic E-state index is 12.3. The average molecular weight is 301 g/mol. The fraction of sp³-hybridized carbons (Fsp3) is 0.412. The first kappa shape index (κ1) is 16.2. The van der Waals surface area contributed by atoms with E-state index in [1.165, 1.54) is 0 Å². The summed E-state index contributed by atoms with van der Waals surface area (Å²) in [5.74, 6) is 0.0262. The molecule has 2 rings (SSSR count). The monoisotopic (exact) mass is 301 g/mol. The molecule has 1 atom stereocenters. The summed E-state index contributed by atoms with van der Waals surface area (Å²) in [7, 11) is 1.75. The fourth-order valence-electron chi connectivity index (χ4n) is 2.23. The van der Waals surface area contributed by atoms with Crippen molar-refractivity contribution in [2.75, 3.05) is 6.54 Å². The lowest BCUT2D eigenvalue weighted by Crippen LogP contribution is -2.39. The molecule has 1 unspecified atom stereocenters. The number of nitrogens with one attached hydrogen (secondary N) is 1. The zero-order chi connectivity index (χ0) is 16.3. The standard InChI is InChI=1S/C17H23N3O2/c1-12(2)14-10-15(20(4)19-14)16(21)18-11-17(3,22)13-8-6-5-7-9-13/h5-10,12,22H,11H2,1-4H3,(H,18,21). The van der Waals surface area contributed by atoms with Gasteiger partial charge in [0.1, 0.15) is 11.3 Å². The summed E-state index contributed by atoms with van der Waals surface area (Å²) in [6.07, 6.45) is 0. The van der Waals surface area contributed by atoms with Crippen molar-refractivity contribution in [1.29, 1.82) is 0 Å². The minimum absolute atomic E-state index is 0.137. The Labute approximate surface area is 131 Å². The zero-order valence-corrected chi connectivity index (χ0v) is 13.5. The Morgan fingerprint density at radius 1 is 1.36 bits per heavy atom. The summed E-state index contributed by atoms with van der Waals surface area (Å²) in [6, 6.07) is 11.1. The van der Waals surface area contributed by atoms with Gasteiger partial charge in [0.15, 0.2) is 0 Å². The second-order valence-corrected chi connectivity index (χ2v) is 6.06. The molecule has 0 spiro atoms. The molecule has 118 valence electrons. The van der Waals surface area contributed by atoms with Crippen LogP contribution in [0.2, 0.25) is 0 Å². The molecule has 0 saturated carbocycles. The Morgan fingerprint density at radius 3 is 2.55 bits per heavy atom. The number of benzene rings is 1. The quantitative estimate of drug-likeness (QED) is 0.889. The molecule has 0 aliphatic heterocycles. The summed E-state index contributed by atoms with van der Waals surface area (Å²) in [4.78, 5) is 12.3. The highest BCUT2D eigenvalue weighted by atomic mass is 16.3. The first-order valence-corrected chi connectivity index (χ1v) is 7.41. The second kappa shape index (κ2) is 6.32. The number of hydrogen-bond donors (Lipinski definition) is 2. The van der Waals surface area contributed by atoms with Gasteiger partial charge in [-0.1, -0.05) is 44.2 Å². The highest BCUT2D eigenvalue weighted by Gasteiger charge is 2.24. The predicted octanol–water partition coefficient (Wildman–Crippen LogP) is 2.18. The predicted molar refractivity (Wildman–Crippen MR) is 85.6 cm³/mol. The largest absolute Gasteiger partial charge is 0.384 e. The lowest BCUT2D eigenvalue weighted by atomic mass is 9.96. The van der Waals surface area contributed by atoms with Crippen LogP contribution in [0.3, 0.4) is 0 Å². The number of amides is 1. The van der Waals surface area contributed by atoms with Gasteiger partial charge in [-0.25, -0.2) is 0 Å². The van der Waals surface area contributed by atoms with Gasteiger partial charge < -0.3 is 10.4 Å². The number of aryl methyl sites for hydroxylation is 1. The molecule has 22 heavy (non-hydrogen) atoms. The van der Waals surface area contributed by atoms with E-state index in [0.29, 0.717) is 5.69 Å². The summed E-state index contributed by atoms with van der Waals surface area (Å²) >= 11 is 0. The highest BCUT2D eigenvalue weighted by Crippen LogP contribution is 2.19. The normalized spacial score (nSPS) is 13.9. The van der Waals surface area contributed by atoms with Gasteiger partial charge >= 0.3 is 0 Å². The third-order valence-electron chi connectivity index (χ3n) is 3.71. The van der Waals surface area contributed by atoms with Gasteiger partial charge in [-0.15, -0.1) is 0 Å². The van der Waals surface area contributed by atoms with Crippen molar-refractivity contribution in [3.63, 3.8) is 0 Å². The Hall–Kier alpha value is -2.14. The van der Waals surface area contributed by atoms with Gasteiger partial charge in [0.25, 0.3) is 5.91 Å². The lowest BCUT2D eigenvalue weighted by Gasteiger charge is -2.24. The molecule has 1 heterocycles. The van der Waals surface area contributed by atoms with Crippen LogP contribution in [0.5, 0.6) is 0 Å². The van der Waals surface area contributed by atoms with Crippen LogP contribution in [0.1, 0.15) is 48.4 Å². The van der Waals surface area contributed by atoms with E-state index in [1.807, 2.05) is 44.2 Å². The molecule has 1 aromatic carbocycles. The summed E-state index contributed by atoms with van der Waals surface area (Å²) in [6.45, 7) is 5.89. The molecule has 2 N–H and O–H groups in total. The van der Waals surface area contributed by atoms with E-state index in [0.717, 1.165) is 11.3 Å². The van der Waals surface area contributed by atoms with Crippen LogP contribution in [-0.2, 0) is 12.6 Å². The number of rotatable bonds is 5. The molecule has 5 heteroatoms. The Morgan fingerprint density at radius 2 is 2.00 bits per heavy atom. The van der Waals surface area contributed by atoms with E-state index >= 15 is 0 Å². The van der Waals surface area contributed by atoms with E-state index in [1.54, 1.807) is 24.7 Å². The maximum atomic E-state index is 12.3. The van der Waals surface area contributed by atoms with Crippen molar-refractivity contribution in [3.8, 4) is 0 Å². The zero-order valence-electron chi connectivity index (χ0n) is 13.5. The van der Waals surface area contributed by atoms with Crippen LogP contribution in [0.4, 0.5) is 0 Å². The number of hydrogen-bond acceptors (Lipinski definition) is 3. The summed E-state index contributed by atoms with van der Waals surface area (Å²) in [5, 5.41) is 17.6. The van der Waals surface area contributed by atoms with Crippen LogP contribution in [0.15, 0.2) is 36.4 Å². The van der Waals surface area contributed by atoms with E-state index in [2.05, 4.69) is 10.4 Å². The third kappa shape index (κ3) is 3.54. The molecule has 0 radical (unpaired) electrons. The molecular weight excluding hydrogens is 278 g/mol. The van der Waals surface area contributed by atoms with Gasteiger partial charge in [0.2, 0.25) is 0 Å². The van der Waals surface area contributed by atoms with Gasteiger partial charge in [-0.3, -0.25) is 9.48 Å². The molecule has 1 amide bonds. The summed E-state index contributed by atoms with van der Waals surface area (Å²) < 4.78 is 1.57.